The molecular formula is C27H30ClF3N2O6S. The smallest absolute Gasteiger partial charge is 0.255 e. The van der Waals surface area contributed by atoms with Gasteiger partial charge in [0.05, 0.1) is 33.4 Å². The minimum atomic E-state index is -4.09. The Hall–Kier alpha value is -2.67. The van der Waals surface area contributed by atoms with Crippen molar-refractivity contribution in [2.24, 2.45) is 11.8 Å². The zero-order valence-corrected chi connectivity index (χ0v) is 23.4. The molecule has 0 spiro atoms. The number of carbonyl (C=O) groups excluding carboxylic acids is 2. The molecule has 218 valence electrons. The van der Waals surface area contributed by atoms with Gasteiger partial charge in [0.1, 0.15) is 0 Å². The zero-order valence-electron chi connectivity index (χ0n) is 21.8. The van der Waals surface area contributed by atoms with Gasteiger partial charge in [-0.15, -0.1) is 0 Å². The number of aliphatic hydroxyl groups is 2. The molecule has 2 aliphatic rings. The van der Waals surface area contributed by atoms with Gasteiger partial charge in [-0.25, -0.2) is 21.6 Å². The maximum absolute atomic E-state index is 13.7. The zero-order chi connectivity index (χ0) is 29.6. The third-order valence-corrected chi connectivity index (χ3v) is 10.6. The van der Waals surface area contributed by atoms with Crippen LogP contribution in [-0.4, -0.2) is 65.4 Å². The van der Waals surface area contributed by atoms with Crippen molar-refractivity contribution in [1.82, 2.24) is 4.90 Å². The number of nitrogens with zero attached hydrogens (tertiary/aromatic N) is 1. The molecule has 3 N–H and O–H groups in total. The van der Waals surface area contributed by atoms with Crippen molar-refractivity contribution < 1.29 is 41.4 Å². The average molecular weight is 603 g/mol. The first-order chi connectivity index (χ1) is 18.6. The van der Waals surface area contributed by atoms with Gasteiger partial charge in [-0.1, -0.05) is 11.6 Å². The van der Waals surface area contributed by atoms with Crippen LogP contribution in [-0.2, 0) is 14.6 Å². The number of benzene rings is 2. The highest BCUT2D eigenvalue weighted by molar-refractivity contribution is 7.92. The molecular weight excluding hydrogens is 573 g/mol. The molecule has 2 fully saturated rings. The Morgan fingerprint density at radius 3 is 2.23 bits per heavy atom. The minimum absolute atomic E-state index is 0.0175. The summed E-state index contributed by atoms with van der Waals surface area (Å²) in [6.45, 7) is 2.90. The van der Waals surface area contributed by atoms with E-state index in [1.54, 1.807) is 0 Å². The van der Waals surface area contributed by atoms with Crippen LogP contribution in [0.4, 0.5) is 18.9 Å². The molecule has 2 aromatic rings. The number of amides is 2. The Bertz CT molecular complexity index is 1400. The first-order valence-electron chi connectivity index (χ1n) is 12.8. The number of hydrogen-bond acceptors (Lipinski definition) is 6. The van der Waals surface area contributed by atoms with Crippen LogP contribution in [0.2, 0.25) is 5.02 Å². The number of sulfone groups is 1. The molecule has 2 amide bonds. The van der Waals surface area contributed by atoms with Gasteiger partial charge < -0.3 is 20.4 Å². The van der Waals surface area contributed by atoms with E-state index in [0.29, 0.717) is 25.0 Å². The van der Waals surface area contributed by atoms with E-state index >= 15 is 0 Å². The van der Waals surface area contributed by atoms with Crippen molar-refractivity contribution in [3.8, 4) is 0 Å². The van der Waals surface area contributed by atoms with Gasteiger partial charge in [0, 0.05) is 36.9 Å². The molecule has 3 atom stereocenters. The van der Waals surface area contributed by atoms with Crippen LogP contribution >= 0.6 is 11.6 Å². The van der Waals surface area contributed by atoms with Crippen LogP contribution in [0.25, 0.3) is 0 Å². The third kappa shape index (κ3) is 5.86. The van der Waals surface area contributed by atoms with Crippen molar-refractivity contribution in [2.75, 3.05) is 18.4 Å². The molecule has 40 heavy (non-hydrogen) atoms. The van der Waals surface area contributed by atoms with Gasteiger partial charge in [0.2, 0.25) is 5.91 Å². The fourth-order valence-corrected chi connectivity index (χ4v) is 8.33. The van der Waals surface area contributed by atoms with Gasteiger partial charge in [-0.3, -0.25) is 9.59 Å². The highest BCUT2D eigenvalue weighted by Gasteiger charge is 2.56. The van der Waals surface area contributed by atoms with E-state index in [1.165, 1.54) is 30.9 Å². The average Bonchev–Trinajstić information content (AvgIpc) is 3.02. The summed E-state index contributed by atoms with van der Waals surface area (Å²) in [7, 11) is -4.09. The molecule has 0 heterocycles. The maximum Gasteiger partial charge on any atom is 0.255 e. The minimum Gasteiger partial charge on any atom is -0.392 e. The van der Waals surface area contributed by atoms with E-state index in [1.807, 2.05) is 0 Å². The summed E-state index contributed by atoms with van der Waals surface area (Å²) in [5.74, 6) is -6.73. The Labute approximate surface area is 235 Å². The molecule has 0 radical (unpaired) electrons. The lowest BCUT2D eigenvalue weighted by molar-refractivity contribution is -0.139. The summed E-state index contributed by atoms with van der Waals surface area (Å²) < 4.78 is 67.8. The quantitative estimate of drug-likeness (QED) is 0.394. The number of aliphatic hydroxyl groups excluding tert-OH is 1. The van der Waals surface area contributed by atoms with E-state index in [-0.39, 0.29) is 53.0 Å². The molecule has 2 bridgehead atoms. The van der Waals surface area contributed by atoms with Crippen LogP contribution in [0.5, 0.6) is 0 Å². The van der Waals surface area contributed by atoms with Crippen LogP contribution in [0.1, 0.15) is 49.9 Å². The van der Waals surface area contributed by atoms with E-state index in [9.17, 15) is 41.4 Å². The molecule has 2 aliphatic carbocycles. The Morgan fingerprint density at radius 1 is 1.12 bits per heavy atom. The summed E-state index contributed by atoms with van der Waals surface area (Å²) in [5, 5.41) is 22.5. The van der Waals surface area contributed by atoms with E-state index in [2.05, 4.69) is 5.32 Å². The second-order valence-corrected chi connectivity index (χ2v) is 13.3. The van der Waals surface area contributed by atoms with Crippen molar-refractivity contribution in [1.29, 1.82) is 0 Å². The molecule has 2 saturated carbocycles. The first kappa shape index (κ1) is 30.3. The lowest BCUT2D eigenvalue weighted by atomic mass is 9.74. The summed E-state index contributed by atoms with van der Waals surface area (Å²) in [6, 6.07) is 4.74. The van der Waals surface area contributed by atoms with E-state index < -0.39 is 62.0 Å². The van der Waals surface area contributed by atoms with Crippen LogP contribution in [0.3, 0.4) is 0 Å². The van der Waals surface area contributed by atoms with Crippen LogP contribution in [0.15, 0.2) is 35.2 Å². The molecule has 0 saturated heterocycles. The number of nitrogens with one attached hydrogen (secondary N) is 1. The lowest BCUT2D eigenvalue weighted by Crippen LogP contribution is -2.56. The molecule has 13 heteroatoms. The van der Waals surface area contributed by atoms with Crippen LogP contribution in [0, 0.1) is 29.3 Å². The van der Waals surface area contributed by atoms with Crippen molar-refractivity contribution >= 4 is 38.9 Å². The van der Waals surface area contributed by atoms with Crippen molar-refractivity contribution in [2.45, 2.75) is 61.4 Å². The fraction of sp³-hybridized carbons (Fsp3) is 0.481. The molecule has 0 aromatic heterocycles. The summed E-state index contributed by atoms with van der Waals surface area (Å²) >= 11 is 6.25. The third-order valence-electron chi connectivity index (χ3n) is 7.93. The van der Waals surface area contributed by atoms with Gasteiger partial charge in [0.25, 0.3) is 5.91 Å². The van der Waals surface area contributed by atoms with E-state index in [4.69, 9.17) is 11.6 Å². The monoisotopic (exact) mass is 602 g/mol. The second-order valence-electron chi connectivity index (χ2n) is 10.7. The Balaban J connectivity index is 1.56. The predicted octanol–water partition coefficient (Wildman–Crippen LogP) is 3.93. The second kappa shape index (κ2) is 11.3. The maximum atomic E-state index is 13.7. The predicted molar refractivity (Wildman–Crippen MR) is 141 cm³/mol. The number of anilines is 1. The number of fused-ring (bicyclic) bond motifs is 2. The number of hydrogen-bond donors (Lipinski definition) is 3. The largest absolute Gasteiger partial charge is 0.392 e. The van der Waals surface area contributed by atoms with Gasteiger partial charge in [0.15, 0.2) is 27.3 Å². The number of halogens is 4. The summed E-state index contributed by atoms with van der Waals surface area (Å²) in [6.07, 6.45) is 0.547. The Kier molecular flexibility index (Phi) is 8.56. The van der Waals surface area contributed by atoms with Crippen LogP contribution < -0.4 is 5.32 Å². The summed E-state index contributed by atoms with van der Waals surface area (Å²) in [4.78, 5) is 26.0. The molecule has 2 aromatic carbocycles. The highest BCUT2D eigenvalue weighted by atomic mass is 35.5. The summed E-state index contributed by atoms with van der Waals surface area (Å²) in [5.41, 5.74) is -1.82. The number of rotatable bonds is 8. The molecule has 4 rings (SSSR count). The Morgan fingerprint density at radius 2 is 1.70 bits per heavy atom. The lowest BCUT2D eigenvalue weighted by Gasteiger charge is -2.45. The highest BCUT2D eigenvalue weighted by Crippen LogP contribution is 2.52. The van der Waals surface area contributed by atoms with Crippen molar-refractivity contribution in [3.63, 3.8) is 0 Å². The SMILES string of the molecule is CC(=O)N(C[C@H](C)O)C[C@]1(O)C2CCC1C[C@@H](S(=O)(=O)c1cc(C(=O)Nc3cc(F)c(F)c(F)c3)ccc1Cl)C2. The molecule has 2 unspecified atom stereocenters. The van der Waals surface area contributed by atoms with E-state index in [0.717, 1.165) is 6.07 Å². The van der Waals surface area contributed by atoms with Gasteiger partial charge in [-0.2, -0.15) is 0 Å². The number of carbonyl (C=O) groups is 2. The standard InChI is InChI=1S/C27H30ClF3N2O6S/c1-14(34)12-33(15(2)35)13-27(37)17-4-5-18(27)9-20(8-17)40(38,39)24-7-16(3-6-21(24)28)26(36)32-19-10-22(29)25(31)23(30)11-19/h3,6-7,10-11,14,17-18,20,34,37H,4-5,8-9,12-13H2,1-2H3,(H,32,36)/t14-,17?,18?,20-,27-/m0/s1. The topological polar surface area (TPSA) is 124 Å². The normalized spacial score (nSPS) is 24.9. The van der Waals surface area contributed by atoms with Crippen molar-refractivity contribution in [3.05, 3.63) is 58.4 Å². The molecule has 8 nitrogen and oxygen atoms in total. The fourth-order valence-electron chi connectivity index (χ4n) is 5.92. The van der Waals surface area contributed by atoms with Gasteiger partial charge in [-0.05, 0) is 62.6 Å². The first-order valence-corrected chi connectivity index (χ1v) is 14.7. The van der Waals surface area contributed by atoms with Gasteiger partial charge >= 0.3 is 0 Å². The molecule has 0 aliphatic heterocycles.